The summed E-state index contributed by atoms with van der Waals surface area (Å²) in [5.41, 5.74) is 0. The van der Waals surface area contributed by atoms with Gasteiger partial charge in [0.1, 0.15) is 0 Å². The number of hydrogen-bond acceptors (Lipinski definition) is 4. The number of carbonyl (C=O) groups is 1. The minimum absolute atomic E-state index is 0.0969. The number of aliphatic hydroxyl groups is 1. The van der Waals surface area contributed by atoms with Crippen LogP contribution in [-0.4, -0.2) is 48.3 Å². The predicted molar refractivity (Wildman–Crippen MR) is 72.3 cm³/mol. The third-order valence-corrected chi connectivity index (χ3v) is 3.99. The van der Waals surface area contributed by atoms with Gasteiger partial charge in [-0.3, -0.25) is 4.79 Å². The molecule has 0 aromatic carbocycles. The van der Waals surface area contributed by atoms with Gasteiger partial charge >= 0.3 is 0 Å². The van der Waals surface area contributed by atoms with Crippen molar-refractivity contribution in [1.82, 2.24) is 10.6 Å². The molecule has 0 aromatic heterocycles. The molecule has 0 aromatic rings. The normalized spacial score (nSPS) is 16.3. The number of rotatable bonds is 9. The first-order chi connectivity index (χ1) is 8.33. The van der Waals surface area contributed by atoms with E-state index >= 15 is 0 Å². The molecule has 5 heteroatoms. The predicted octanol–water partition coefficient (Wildman–Crippen LogP) is 0.750. The van der Waals surface area contributed by atoms with Crippen LogP contribution in [0.4, 0.5) is 0 Å². The molecule has 1 fully saturated rings. The van der Waals surface area contributed by atoms with E-state index in [-0.39, 0.29) is 12.5 Å². The fourth-order valence-corrected chi connectivity index (χ4v) is 2.74. The molecule has 0 atom stereocenters. The zero-order chi connectivity index (χ0) is 12.3. The van der Waals surface area contributed by atoms with Gasteiger partial charge in [-0.15, -0.1) is 0 Å². The molecule has 1 amide bonds. The van der Waals surface area contributed by atoms with E-state index in [0.29, 0.717) is 12.6 Å². The van der Waals surface area contributed by atoms with E-state index in [9.17, 15) is 4.79 Å². The van der Waals surface area contributed by atoms with Crippen molar-refractivity contribution in [2.45, 2.75) is 38.1 Å². The molecule has 17 heavy (non-hydrogen) atoms. The summed E-state index contributed by atoms with van der Waals surface area (Å²) in [5, 5.41) is 14.8. The van der Waals surface area contributed by atoms with E-state index in [4.69, 9.17) is 5.11 Å². The Labute approximate surface area is 108 Å². The van der Waals surface area contributed by atoms with Gasteiger partial charge in [0.05, 0.1) is 6.54 Å². The summed E-state index contributed by atoms with van der Waals surface area (Å²) in [6, 6.07) is 0.555. The third-order valence-electron chi connectivity index (χ3n) is 2.92. The molecule has 0 spiro atoms. The standard InChI is InChI=1S/C12H24N2O2S/c15-7-3-8-17-9-6-13-12(16)10-14-11-4-1-2-5-11/h11,14-15H,1-10H2,(H,13,16). The molecule has 0 aliphatic heterocycles. The number of carbonyl (C=O) groups excluding carboxylic acids is 1. The van der Waals surface area contributed by atoms with Gasteiger partial charge in [0.2, 0.25) is 5.91 Å². The lowest BCUT2D eigenvalue weighted by Gasteiger charge is -2.11. The first kappa shape index (κ1) is 14.8. The van der Waals surface area contributed by atoms with Crippen molar-refractivity contribution < 1.29 is 9.90 Å². The second kappa shape index (κ2) is 9.74. The molecular formula is C12H24N2O2S. The Hall–Kier alpha value is -0.260. The number of aliphatic hydroxyl groups excluding tert-OH is 1. The van der Waals surface area contributed by atoms with E-state index in [2.05, 4.69) is 10.6 Å². The van der Waals surface area contributed by atoms with Crippen LogP contribution in [-0.2, 0) is 4.79 Å². The quantitative estimate of drug-likeness (QED) is 0.535. The van der Waals surface area contributed by atoms with Gasteiger partial charge < -0.3 is 15.7 Å². The maximum Gasteiger partial charge on any atom is 0.233 e. The number of nitrogens with one attached hydrogen (secondary N) is 2. The largest absolute Gasteiger partial charge is 0.396 e. The second-order valence-corrected chi connectivity index (χ2v) is 5.63. The highest BCUT2D eigenvalue weighted by Crippen LogP contribution is 2.17. The molecule has 100 valence electrons. The minimum atomic E-state index is 0.0969. The zero-order valence-corrected chi connectivity index (χ0v) is 11.2. The van der Waals surface area contributed by atoms with Crippen LogP contribution in [0.25, 0.3) is 0 Å². The van der Waals surface area contributed by atoms with Gasteiger partial charge in [-0.2, -0.15) is 11.8 Å². The van der Waals surface area contributed by atoms with Crippen molar-refractivity contribution in [3.8, 4) is 0 Å². The molecule has 0 heterocycles. The summed E-state index contributed by atoms with van der Waals surface area (Å²) in [4.78, 5) is 11.5. The highest BCUT2D eigenvalue weighted by Gasteiger charge is 2.14. The lowest BCUT2D eigenvalue weighted by atomic mass is 10.2. The Morgan fingerprint density at radius 3 is 2.76 bits per heavy atom. The van der Waals surface area contributed by atoms with Crippen molar-refractivity contribution in [3.63, 3.8) is 0 Å². The van der Waals surface area contributed by atoms with E-state index in [1.807, 2.05) is 0 Å². The summed E-state index contributed by atoms with van der Waals surface area (Å²) < 4.78 is 0. The molecule has 4 nitrogen and oxygen atoms in total. The number of hydrogen-bond donors (Lipinski definition) is 3. The Kier molecular flexibility index (Phi) is 8.48. The van der Waals surface area contributed by atoms with E-state index in [0.717, 1.165) is 24.5 Å². The van der Waals surface area contributed by atoms with Crippen molar-refractivity contribution >= 4 is 17.7 Å². The highest BCUT2D eigenvalue weighted by atomic mass is 32.2. The van der Waals surface area contributed by atoms with Crippen LogP contribution in [0.3, 0.4) is 0 Å². The number of thioether (sulfide) groups is 1. The van der Waals surface area contributed by atoms with Gasteiger partial charge in [0.25, 0.3) is 0 Å². The van der Waals surface area contributed by atoms with Crippen molar-refractivity contribution in [1.29, 1.82) is 0 Å². The molecule has 0 radical (unpaired) electrons. The average Bonchev–Trinajstić information content (AvgIpc) is 2.84. The first-order valence-corrected chi connectivity index (χ1v) is 7.67. The maximum atomic E-state index is 11.5. The summed E-state index contributed by atoms with van der Waals surface area (Å²) in [7, 11) is 0. The first-order valence-electron chi connectivity index (χ1n) is 6.51. The highest BCUT2D eigenvalue weighted by molar-refractivity contribution is 7.99. The number of amides is 1. The van der Waals surface area contributed by atoms with Gasteiger partial charge in [0.15, 0.2) is 0 Å². The van der Waals surface area contributed by atoms with Crippen LogP contribution in [0.5, 0.6) is 0 Å². The molecule has 0 bridgehead atoms. The Morgan fingerprint density at radius 2 is 2.06 bits per heavy atom. The summed E-state index contributed by atoms with van der Waals surface area (Å²) in [5.74, 6) is 1.99. The molecule has 1 aliphatic rings. The topological polar surface area (TPSA) is 61.4 Å². The van der Waals surface area contributed by atoms with Crippen LogP contribution in [0.2, 0.25) is 0 Å². The molecule has 1 saturated carbocycles. The maximum absolute atomic E-state index is 11.5. The Balaban J connectivity index is 1.87. The molecule has 0 saturated heterocycles. The van der Waals surface area contributed by atoms with Crippen molar-refractivity contribution in [3.05, 3.63) is 0 Å². The van der Waals surface area contributed by atoms with Gasteiger partial charge in [-0.25, -0.2) is 0 Å². The minimum Gasteiger partial charge on any atom is -0.396 e. The van der Waals surface area contributed by atoms with Gasteiger partial charge in [-0.05, 0) is 25.0 Å². The fourth-order valence-electron chi connectivity index (χ4n) is 1.96. The van der Waals surface area contributed by atoms with Crippen LogP contribution in [0.1, 0.15) is 32.1 Å². The molecule has 3 N–H and O–H groups in total. The van der Waals surface area contributed by atoms with Crippen molar-refractivity contribution in [2.75, 3.05) is 31.2 Å². The molecular weight excluding hydrogens is 236 g/mol. The zero-order valence-electron chi connectivity index (χ0n) is 10.4. The fraction of sp³-hybridized carbons (Fsp3) is 0.917. The monoisotopic (exact) mass is 260 g/mol. The lowest BCUT2D eigenvalue weighted by molar-refractivity contribution is -0.120. The second-order valence-electron chi connectivity index (χ2n) is 4.40. The van der Waals surface area contributed by atoms with Crippen LogP contribution >= 0.6 is 11.8 Å². The van der Waals surface area contributed by atoms with E-state index < -0.39 is 0 Å². The van der Waals surface area contributed by atoms with E-state index in [1.165, 1.54) is 25.7 Å². The van der Waals surface area contributed by atoms with E-state index in [1.54, 1.807) is 11.8 Å². The summed E-state index contributed by atoms with van der Waals surface area (Å²) in [6.45, 7) is 1.43. The smallest absolute Gasteiger partial charge is 0.233 e. The molecule has 1 aliphatic carbocycles. The average molecular weight is 260 g/mol. The Morgan fingerprint density at radius 1 is 1.29 bits per heavy atom. The summed E-state index contributed by atoms with van der Waals surface area (Å²) in [6.07, 6.45) is 5.85. The third kappa shape index (κ3) is 7.63. The summed E-state index contributed by atoms with van der Waals surface area (Å²) >= 11 is 1.77. The van der Waals surface area contributed by atoms with Crippen LogP contribution < -0.4 is 10.6 Å². The lowest BCUT2D eigenvalue weighted by Crippen LogP contribution is -2.38. The van der Waals surface area contributed by atoms with Crippen molar-refractivity contribution in [2.24, 2.45) is 0 Å². The van der Waals surface area contributed by atoms with Crippen LogP contribution in [0.15, 0.2) is 0 Å². The van der Waals surface area contributed by atoms with Gasteiger partial charge in [-0.1, -0.05) is 12.8 Å². The molecule has 1 rings (SSSR count). The molecule has 0 unspecified atom stereocenters. The Bertz CT molecular complexity index is 209. The SMILES string of the molecule is O=C(CNC1CCCC1)NCCSCCCO. The van der Waals surface area contributed by atoms with Crippen LogP contribution in [0, 0.1) is 0 Å². The van der Waals surface area contributed by atoms with Gasteiger partial charge in [0, 0.05) is 24.9 Å².